The van der Waals surface area contributed by atoms with E-state index in [9.17, 15) is 10.1 Å². The normalized spacial score (nSPS) is 10.2. The lowest BCUT2D eigenvalue weighted by molar-refractivity contribution is -0.385. The number of nitrogens with one attached hydrogen (secondary N) is 1. The minimum Gasteiger partial charge on any atom is -0.432 e. The Labute approximate surface area is 136 Å². The fourth-order valence-electron chi connectivity index (χ4n) is 1.88. The van der Waals surface area contributed by atoms with E-state index in [4.69, 9.17) is 4.74 Å². The van der Waals surface area contributed by atoms with Crippen molar-refractivity contribution in [1.82, 2.24) is 19.9 Å². The largest absolute Gasteiger partial charge is 0.432 e. The second-order valence-corrected chi connectivity index (χ2v) is 4.77. The van der Waals surface area contributed by atoms with E-state index in [-0.39, 0.29) is 17.4 Å². The highest BCUT2D eigenvalue weighted by Crippen LogP contribution is 2.34. The Morgan fingerprint density at radius 2 is 2.04 bits per heavy atom. The molecule has 0 aromatic carbocycles. The molecule has 3 rings (SSSR count). The number of rotatable bonds is 5. The molecule has 1 N–H and O–H groups in total. The summed E-state index contributed by atoms with van der Waals surface area (Å²) >= 11 is 0. The molecule has 3 aromatic rings. The maximum atomic E-state index is 11.4. The number of anilines is 2. The summed E-state index contributed by atoms with van der Waals surface area (Å²) in [5, 5.41) is 14.3. The number of aromatic nitrogens is 4. The average Bonchev–Trinajstić information content (AvgIpc) is 2.58. The molecule has 3 heterocycles. The van der Waals surface area contributed by atoms with Crippen molar-refractivity contribution in [2.45, 2.75) is 6.92 Å². The molecule has 0 amide bonds. The van der Waals surface area contributed by atoms with Gasteiger partial charge >= 0.3 is 11.6 Å². The molecule has 9 nitrogen and oxygen atoms in total. The molecule has 9 heteroatoms. The third-order valence-corrected chi connectivity index (χ3v) is 2.98. The fourth-order valence-corrected chi connectivity index (χ4v) is 1.88. The predicted octanol–water partition coefficient (Wildman–Crippen LogP) is 3.02. The Hall–Kier alpha value is -3.62. The van der Waals surface area contributed by atoms with Crippen molar-refractivity contribution in [1.29, 1.82) is 0 Å². The number of hydrogen-bond donors (Lipinski definition) is 1. The molecule has 24 heavy (non-hydrogen) atoms. The van der Waals surface area contributed by atoms with Gasteiger partial charge in [0.05, 0.1) is 11.1 Å². The minimum atomic E-state index is -0.609. The van der Waals surface area contributed by atoms with Gasteiger partial charge in [0.25, 0.3) is 0 Å². The van der Waals surface area contributed by atoms with Crippen LogP contribution in [0, 0.1) is 17.0 Å². The maximum absolute atomic E-state index is 11.4. The first-order valence-corrected chi connectivity index (χ1v) is 6.90. The summed E-state index contributed by atoms with van der Waals surface area (Å²) in [4.78, 5) is 26.6. The molecule has 0 aliphatic carbocycles. The van der Waals surface area contributed by atoms with Crippen LogP contribution in [0.2, 0.25) is 0 Å². The van der Waals surface area contributed by atoms with Gasteiger partial charge in [0.15, 0.2) is 0 Å². The van der Waals surface area contributed by atoms with E-state index in [1.807, 2.05) is 13.0 Å². The molecule has 0 spiro atoms. The lowest BCUT2D eigenvalue weighted by Gasteiger charge is -2.08. The van der Waals surface area contributed by atoms with Crippen LogP contribution in [0.15, 0.2) is 49.2 Å². The quantitative estimate of drug-likeness (QED) is 0.562. The molecule has 0 saturated carbocycles. The van der Waals surface area contributed by atoms with E-state index in [0.717, 1.165) is 5.56 Å². The zero-order chi connectivity index (χ0) is 16.9. The predicted molar refractivity (Wildman–Crippen MR) is 85.3 cm³/mol. The summed E-state index contributed by atoms with van der Waals surface area (Å²) in [5.41, 5.74) is 0.585. The van der Waals surface area contributed by atoms with Gasteiger partial charge in [-0.2, -0.15) is 4.98 Å². The number of hydrogen-bond acceptors (Lipinski definition) is 8. The fraction of sp³-hybridized carbons (Fsp3) is 0.0667. The van der Waals surface area contributed by atoms with Gasteiger partial charge in [0.1, 0.15) is 17.9 Å². The monoisotopic (exact) mass is 324 g/mol. The highest BCUT2D eigenvalue weighted by atomic mass is 16.6. The number of nitrogens with zero attached hydrogens (tertiary/aromatic N) is 5. The maximum Gasteiger partial charge on any atom is 0.373 e. The summed E-state index contributed by atoms with van der Waals surface area (Å²) in [6.45, 7) is 1.89. The zero-order valence-corrected chi connectivity index (χ0v) is 12.6. The summed E-state index contributed by atoms with van der Waals surface area (Å²) in [7, 11) is 0. The van der Waals surface area contributed by atoms with Gasteiger partial charge in [-0.15, -0.1) is 0 Å². The van der Waals surface area contributed by atoms with E-state index in [1.165, 1.54) is 12.5 Å². The van der Waals surface area contributed by atoms with Crippen molar-refractivity contribution in [3.63, 3.8) is 0 Å². The molecule has 0 atom stereocenters. The number of nitro groups is 1. The molecule has 0 radical (unpaired) electrons. The van der Waals surface area contributed by atoms with Crippen molar-refractivity contribution >= 4 is 17.3 Å². The lowest BCUT2D eigenvalue weighted by atomic mass is 10.3. The summed E-state index contributed by atoms with van der Waals surface area (Å²) < 4.78 is 5.45. The molecular weight excluding hydrogens is 312 g/mol. The average molecular weight is 324 g/mol. The first kappa shape index (κ1) is 15.3. The molecular formula is C15H12N6O3. The van der Waals surface area contributed by atoms with Gasteiger partial charge in [-0.05, 0) is 30.7 Å². The number of pyridine rings is 2. The molecule has 0 bridgehead atoms. The Balaban J connectivity index is 1.96. The first-order valence-electron chi connectivity index (χ1n) is 6.90. The van der Waals surface area contributed by atoms with Crippen molar-refractivity contribution in [2.24, 2.45) is 0 Å². The van der Waals surface area contributed by atoms with Gasteiger partial charge < -0.3 is 10.1 Å². The van der Waals surface area contributed by atoms with E-state index in [0.29, 0.717) is 11.6 Å². The van der Waals surface area contributed by atoms with Gasteiger partial charge in [0, 0.05) is 12.4 Å². The van der Waals surface area contributed by atoms with Crippen LogP contribution in [0.3, 0.4) is 0 Å². The van der Waals surface area contributed by atoms with E-state index < -0.39 is 4.92 Å². The Morgan fingerprint density at radius 3 is 2.71 bits per heavy atom. The summed E-state index contributed by atoms with van der Waals surface area (Å²) in [6.07, 6.45) is 5.81. The number of aryl methyl sites for hydroxylation is 1. The first-order chi connectivity index (χ1) is 11.6. The van der Waals surface area contributed by atoms with Crippen molar-refractivity contribution in [3.8, 4) is 11.6 Å². The van der Waals surface area contributed by atoms with Crippen LogP contribution in [-0.4, -0.2) is 24.9 Å². The van der Waals surface area contributed by atoms with Crippen LogP contribution in [0.1, 0.15) is 5.56 Å². The van der Waals surface area contributed by atoms with Crippen LogP contribution in [0.4, 0.5) is 17.3 Å². The zero-order valence-electron chi connectivity index (χ0n) is 12.6. The van der Waals surface area contributed by atoms with E-state index in [1.54, 1.807) is 30.6 Å². The van der Waals surface area contributed by atoms with Gasteiger partial charge in [-0.25, -0.2) is 9.97 Å². The smallest absolute Gasteiger partial charge is 0.373 e. The molecule has 3 aromatic heterocycles. The van der Waals surface area contributed by atoms with Gasteiger partial charge in [-0.3, -0.25) is 15.1 Å². The standard InChI is InChI=1S/C15H12N6O3/c1-10-4-5-12(17-7-10)20-14-13(21(22)23)15(19-9-18-14)24-11-3-2-6-16-8-11/h2-9H,1H3,(H,17,18,19,20). The molecule has 0 aliphatic heterocycles. The Kier molecular flexibility index (Phi) is 4.23. The van der Waals surface area contributed by atoms with Crippen LogP contribution in [-0.2, 0) is 0 Å². The Bertz CT molecular complexity index is 855. The van der Waals surface area contributed by atoms with Gasteiger partial charge in [0.2, 0.25) is 5.82 Å². The van der Waals surface area contributed by atoms with E-state index >= 15 is 0 Å². The van der Waals surface area contributed by atoms with Crippen molar-refractivity contribution in [3.05, 3.63) is 64.9 Å². The number of ether oxygens (including phenoxy) is 1. The van der Waals surface area contributed by atoms with Crippen LogP contribution in [0.5, 0.6) is 11.6 Å². The van der Waals surface area contributed by atoms with Gasteiger partial charge in [-0.1, -0.05) is 6.07 Å². The second kappa shape index (κ2) is 6.65. The van der Waals surface area contributed by atoms with Crippen molar-refractivity contribution in [2.75, 3.05) is 5.32 Å². The SMILES string of the molecule is Cc1ccc(Nc2ncnc(Oc3cccnc3)c2[N+](=O)[O-])nc1. The van der Waals surface area contributed by atoms with Crippen LogP contribution < -0.4 is 10.1 Å². The minimum absolute atomic E-state index is 0.00903. The molecule has 0 fully saturated rings. The molecule has 0 aliphatic rings. The molecule has 0 unspecified atom stereocenters. The highest BCUT2D eigenvalue weighted by Gasteiger charge is 2.25. The molecule has 120 valence electrons. The third-order valence-electron chi connectivity index (χ3n) is 2.98. The topological polar surface area (TPSA) is 116 Å². The summed E-state index contributed by atoms with van der Waals surface area (Å²) in [5.74, 6) is 0.566. The summed E-state index contributed by atoms with van der Waals surface area (Å²) in [6, 6.07) is 6.80. The molecule has 0 saturated heterocycles. The van der Waals surface area contributed by atoms with Crippen LogP contribution in [0.25, 0.3) is 0 Å². The highest BCUT2D eigenvalue weighted by molar-refractivity contribution is 5.67. The van der Waals surface area contributed by atoms with Crippen LogP contribution >= 0.6 is 0 Å². The second-order valence-electron chi connectivity index (χ2n) is 4.77. The lowest BCUT2D eigenvalue weighted by Crippen LogP contribution is -2.04. The Morgan fingerprint density at radius 1 is 1.17 bits per heavy atom. The third kappa shape index (κ3) is 3.40. The van der Waals surface area contributed by atoms with Crippen molar-refractivity contribution < 1.29 is 9.66 Å². The van der Waals surface area contributed by atoms with E-state index in [2.05, 4.69) is 25.3 Å².